The van der Waals surface area contributed by atoms with Crippen LogP contribution in [0, 0.1) is 5.92 Å². The summed E-state index contributed by atoms with van der Waals surface area (Å²) in [5.74, 6) is 0.736. The molecule has 1 fully saturated rings. The Morgan fingerprint density at radius 3 is 2.92 bits per heavy atom. The lowest BCUT2D eigenvalue weighted by molar-refractivity contribution is 0.158. The van der Waals surface area contributed by atoms with Crippen molar-refractivity contribution in [2.45, 2.75) is 32.7 Å². The topological polar surface area (TPSA) is 29.3 Å². The van der Waals surface area contributed by atoms with E-state index in [1.807, 2.05) is 0 Å². The smallest absolute Gasteiger partial charge is 0.0106 e. The second kappa shape index (κ2) is 5.40. The van der Waals surface area contributed by atoms with Crippen LogP contribution < -0.4 is 5.73 Å². The van der Waals surface area contributed by atoms with Crippen molar-refractivity contribution in [2.24, 2.45) is 11.7 Å². The van der Waals surface area contributed by atoms with Crippen LogP contribution in [-0.2, 0) is 0 Å². The lowest BCUT2D eigenvalue weighted by Crippen LogP contribution is -2.39. The Bertz CT molecular complexity index is 163. The molecule has 0 aromatic heterocycles. The number of hydrogen-bond acceptors (Lipinski definition) is 2. The van der Waals surface area contributed by atoms with Crippen molar-refractivity contribution in [3.8, 4) is 0 Å². The molecular weight excluding hydrogens is 160 g/mol. The summed E-state index contributed by atoms with van der Waals surface area (Å²) in [6.45, 7) is 7.71. The van der Waals surface area contributed by atoms with Gasteiger partial charge in [0, 0.05) is 19.1 Å². The van der Waals surface area contributed by atoms with E-state index in [4.69, 9.17) is 5.73 Å². The van der Waals surface area contributed by atoms with Gasteiger partial charge in [0.1, 0.15) is 0 Å². The summed E-state index contributed by atoms with van der Waals surface area (Å²) < 4.78 is 0. The predicted molar refractivity (Wildman–Crippen MR) is 57.6 cm³/mol. The monoisotopic (exact) mass is 182 g/mol. The number of likely N-dealkylation sites (tertiary alicyclic amines) is 1. The largest absolute Gasteiger partial charge is 0.327 e. The number of rotatable bonds is 3. The summed E-state index contributed by atoms with van der Waals surface area (Å²) in [4.78, 5) is 2.55. The van der Waals surface area contributed by atoms with Crippen LogP contribution in [0.5, 0.6) is 0 Å². The highest BCUT2D eigenvalue weighted by molar-refractivity contribution is 4.92. The maximum atomic E-state index is 5.44. The summed E-state index contributed by atoms with van der Waals surface area (Å²) in [6, 6.07) is 0.689. The molecule has 1 saturated heterocycles. The molecule has 0 spiro atoms. The molecule has 2 nitrogen and oxygen atoms in total. The molecule has 1 unspecified atom stereocenters. The van der Waals surface area contributed by atoms with Crippen LogP contribution in [0.2, 0.25) is 0 Å². The molecule has 1 heterocycles. The molecule has 0 saturated carbocycles. The molecule has 0 aromatic rings. The van der Waals surface area contributed by atoms with E-state index < -0.39 is 0 Å². The van der Waals surface area contributed by atoms with Crippen LogP contribution in [-0.4, -0.2) is 30.6 Å². The summed E-state index contributed by atoms with van der Waals surface area (Å²) in [5.41, 5.74) is 5.44. The molecule has 1 atom stereocenters. The van der Waals surface area contributed by atoms with E-state index in [1.165, 1.54) is 25.9 Å². The van der Waals surface area contributed by atoms with Crippen molar-refractivity contribution in [1.82, 2.24) is 4.90 Å². The molecular formula is C11H22N2. The van der Waals surface area contributed by atoms with Gasteiger partial charge in [0.25, 0.3) is 0 Å². The van der Waals surface area contributed by atoms with Gasteiger partial charge in [-0.2, -0.15) is 0 Å². The summed E-state index contributed by atoms with van der Waals surface area (Å²) in [7, 11) is 0. The van der Waals surface area contributed by atoms with E-state index in [9.17, 15) is 0 Å². The van der Waals surface area contributed by atoms with Gasteiger partial charge in [-0.1, -0.05) is 12.2 Å². The van der Waals surface area contributed by atoms with Crippen LogP contribution in [0.25, 0.3) is 0 Å². The third-order valence-electron chi connectivity index (χ3n) is 2.76. The SMILES string of the molecule is CC(C)N1CCCC(/C=C\CN)C1. The quantitative estimate of drug-likeness (QED) is 0.672. The highest BCUT2D eigenvalue weighted by atomic mass is 15.1. The summed E-state index contributed by atoms with van der Waals surface area (Å²) in [5, 5.41) is 0. The van der Waals surface area contributed by atoms with E-state index in [-0.39, 0.29) is 0 Å². The Hall–Kier alpha value is -0.340. The highest BCUT2D eigenvalue weighted by Gasteiger charge is 2.19. The van der Waals surface area contributed by atoms with E-state index in [2.05, 4.69) is 30.9 Å². The minimum atomic E-state index is 0.679. The number of nitrogens with zero attached hydrogens (tertiary/aromatic N) is 1. The summed E-state index contributed by atoms with van der Waals surface area (Å²) in [6.07, 6.45) is 7.04. The van der Waals surface area contributed by atoms with Crippen molar-refractivity contribution < 1.29 is 0 Å². The molecule has 2 heteroatoms. The minimum Gasteiger partial charge on any atom is -0.327 e. The summed E-state index contributed by atoms with van der Waals surface area (Å²) >= 11 is 0. The highest BCUT2D eigenvalue weighted by Crippen LogP contribution is 2.19. The normalized spacial score (nSPS) is 26.0. The van der Waals surface area contributed by atoms with Crippen LogP contribution in [0.4, 0.5) is 0 Å². The Morgan fingerprint density at radius 1 is 1.54 bits per heavy atom. The fourth-order valence-electron chi connectivity index (χ4n) is 1.94. The number of hydrogen-bond donors (Lipinski definition) is 1. The molecule has 0 bridgehead atoms. The van der Waals surface area contributed by atoms with Crippen LogP contribution in [0.1, 0.15) is 26.7 Å². The van der Waals surface area contributed by atoms with Gasteiger partial charge >= 0.3 is 0 Å². The Kier molecular flexibility index (Phi) is 4.46. The van der Waals surface area contributed by atoms with E-state index >= 15 is 0 Å². The van der Waals surface area contributed by atoms with Gasteiger partial charge in [-0.15, -0.1) is 0 Å². The van der Waals surface area contributed by atoms with E-state index in [1.54, 1.807) is 0 Å². The number of piperidine rings is 1. The first-order valence-corrected chi connectivity index (χ1v) is 5.35. The van der Waals surface area contributed by atoms with Gasteiger partial charge in [0.05, 0.1) is 0 Å². The van der Waals surface area contributed by atoms with Crippen LogP contribution in [0.3, 0.4) is 0 Å². The third kappa shape index (κ3) is 3.49. The maximum absolute atomic E-state index is 5.44. The number of nitrogens with two attached hydrogens (primary N) is 1. The molecule has 1 rings (SSSR count). The van der Waals surface area contributed by atoms with Crippen molar-refractivity contribution in [3.05, 3.63) is 12.2 Å². The fourth-order valence-corrected chi connectivity index (χ4v) is 1.94. The second-order valence-electron chi connectivity index (χ2n) is 4.15. The van der Waals surface area contributed by atoms with Gasteiger partial charge in [0.2, 0.25) is 0 Å². The molecule has 0 aliphatic carbocycles. The van der Waals surface area contributed by atoms with E-state index in [0.717, 1.165) is 5.92 Å². The van der Waals surface area contributed by atoms with Gasteiger partial charge in [0.15, 0.2) is 0 Å². The van der Waals surface area contributed by atoms with Crippen molar-refractivity contribution in [2.75, 3.05) is 19.6 Å². The van der Waals surface area contributed by atoms with Gasteiger partial charge in [-0.25, -0.2) is 0 Å². The molecule has 0 aromatic carbocycles. The zero-order chi connectivity index (χ0) is 9.68. The average molecular weight is 182 g/mol. The van der Waals surface area contributed by atoms with Crippen LogP contribution in [0.15, 0.2) is 12.2 Å². The zero-order valence-corrected chi connectivity index (χ0v) is 8.87. The maximum Gasteiger partial charge on any atom is 0.0106 e. The molecule has 0 amide bonds. The molecule has 76 valence electrons. The third-order valence-corrected chi connectivity index (χ3v) is 2.76. The van der Waals surface area contributed by atoms with Crippen molar-refractivity contribution in [3.63, 3.8) is 0 Å². The molecule has 1 aliphatic rings. The first-order valence-electron chi connectivity index (χ1n) is 5.35. The Balaban J connectivity index is 2.37. The van der Waals surface area contributed by atoms with Crippen molar-refractivity contribution in [1.29, 1.82) is 0 Å². The first-order chi connectivity index (χ1) is 6.24. The van der Waals surface area contributed by atoms with E-state index in [0.29, 0.717) is 12.6 Å². The second-order valence-corrected chi connectivity index (χ2v) is 4.15. The lowest BCUT2D eigenvalue weighted by atomic mass is 9.96. The molecule has 2 N–H and O–H groups in total. The van der Waals surface area contributed by atoms with Crippen molar-refractivity contribution >= 4 is 0 Å². The predicted octanol–water partition coefficient (Wildman–Crippen LogP) is 1.62. The Morgan fingerprint density at radius 2 is 2.31 bits per heavy atom. The minimum absolute atomic E-state index is 0.679. The lowest BCUT2D eigenvalue weighted by Gasteiger charge is -2.34. The first kappa shape index (κ1) is 10.7. The molecule has 0 radical (unpaired) electrons. The van der Waals surface area contributed by atoms with Gasteiger partial charge in [-0.05, 0) is 39.2 Å². The average Bonchev–Trinajstić information content (AvgIpc) is 2.15. The zero-order valence-electron chi connectivity index (χ0n) is 8.87. The Labute approximate surface area is 81.8 Å². The fraction of sp³-hybridized carbons (Fsp3) is 0.818. The van der Waals surface area contributed by atoms with Gasteiger partial charge in [-0.3, -0.25) is 0 Å². The standard InChI is InChI=1S/C11H22N2/c1-10(2)13-8-4-6-11(9-13)5-3-7-12/h3,5,10-11H,4,6-9,12H2,1-2H3/b5-3-. The molecule has 1 aliphatic heterocycles. The molecule has 13 heavy (non-hydrogen) atoms. The van der Waals surface area contributed by atoms with Crippen LogP contribution >= 0.6 is 0 Å². The van der Waals surface area contributed by atoms with Gasteiger partial charge < -0.3 is 10.6 Å².